The number of nitrogens with one attached hydrogen (secondary N) is 1. The standard InChI is InChI=1S/C9H22N2O2/c1-4-5-9(12-3)13-7-8(2)6-11-10/h8-9,11H,4-7,10H2,1-3H3. The third kappa shape index (κ3) is 6.95. The van der Waals surface area contributed by atoms with Gasteiger partial charge in [0.25, 0.3) is 0 Å². The zero-order valence-electron chi connectivity index (χ0n) is 8.88. The van der Waals surface area contributed by atoms with Crippen LogP contribution < -0.4 is 11.3 Å². The van der Waals surface area contributed by atoms with Crippen molar-refractivity contribution in [3.63, 3.8) is 0 Å². The van der Waals surface area contributed by atoms with Crippen LogP contribution in [0.2, 0.25) is 0 Å². The Kier molecular flexibility index (Phi) is 8.33. The minimum absolute atomic E-state index is 0.0646. The molecule has 0 radical (unpaired) electrons. The molecule has 2 unspecified atom stereocenters. The summed E-state index contributed by atoms with van der Waals surface area (Å²) in [4.78, 5) is 0. The van der Waals surface area contributed by atoms with Crippen LogP contribution in [0.5, 0.6) is 0 Å². The fraction of sp³-hybridized carbons (Fsp3) is 1.00. The van der Waals surface area contributed by atoms with E-state index in [0.29, 0.717) is 12.5 Å². The minimum Gasteiger partial charge on any atom is -0.356 e. The van der Waals surface area contributed by atoms with Gasteiger partial charge in [-0.3, -0.25) is 11.3 Å². The second kappa shape index (κ2) is 8.44. The predicted molar refractivity (Wildman–Crippen MR) is 53.0 cm³/mol. The molecule has 0 bridgehead atoms. The van der Waals surface area contributed by atoms with Crippen molar-refractivity contribution in [1.29, 1.82) is 0 Å². The molecule has 0 saturated carbocycles. The molecule has 0 aromatic carbocycles. The molecule has 0 fully saturated rings. The Labute approximate surface area is 80.7 Å². The highest BCUT2D eigenvalue weighted by Crippen LogP contribution is 2.05. The summed E-state index contributed by atoms with van der Waals surface area (Å²) in [5, 5.41) is 0. The van der Waals surface area contributed by atoms with Crippen LogP contribution in [0.15, 0.2) is 0 Å². The topological polar surface area (TPSA) is 56.5 Å². The van der Waals surface area contributed by atoms with Gasteiger partial charge >= 0.3 is 0 Å². The van der Waals surface area contributed by atoms with E-state index in [0.717, 1.165) is 19.4 Å². The first-order chi connectivity index (χ1) is 6.24. The van der Waals surface area contributed by atoms with Crippen LogP contribution in [-0.4, -0.2) is 26.6 Å². The summed E-state index contributed by atoms with van der Waals surface area (Å²) in [7, 11) is 1.67. The van der Waals surface area contributed by atoms with Crippen molar-refractivity contribution >= 4 is 0 Å². The van der Waals surface area contributed by atoms with Crippen LogP contribution in [0.25, 0.3) is 0 Å². The van der Waals surface area contributed by atoms with Crippen molar-refractivity contribution in [2.75, 3.05) is 20.3 Å². The van der Waals surface area contributed by atoms with Gasteiger partial charge in [0.1, 0.15) is 0 Å². The van der Waals surface area contributed by atoms with Gasteiger partial charge in [-0.1, -0.05) is 20.3 Å². The number of hydrogen-bond acceptors (Lipinski definition) is 4. The Morgan fingerprint density at radius 2 is 2.15 bits per heavy atom. The molecule has 0 rings (SSSR count). The van der Waals surface area contributed by atoms with E-state index in [9.17, 15) is 0 Å². The van der Waals surface area contributed by atoms with E-state index in [1.54, 1.807) is 7.11 Å². The quantitative estimate of drug-likeness (QED) is 0.339. The maximum atomic E-state index is 5.53. The molecule has 4 nitrogen and oxygen atoms in total. The van der Waals surface area contributed by atoms with Crippen molar-refractivity contribution in [1.82, 2.24) is 5.43 Å². The molecular formula is C9H22N2O2. The monoisotopic (exact) mass is 190 g/mol. The first-order valence-corrected chi connectivity index (χ1v) is 4.82. The average Bonchev–Trinajstić information content (AvgIpc) is 2.12. The van der Waals surface area contributed by atoms with Crippen molar-refractivity contribution in [2.24, 2.45) is 11.8 Å². The lowest BCUT2D eigenvalue weighted by molar-refractivity contribution is -0.134. The van der Waals surface area contributed by atoms with Gasteiger partial charge < -0.3 is 9.47 Å². The fourth-order valence-electron chi connectivity index (χ4n) is 1.04. The molecule has 80 valence electrons. The fourth-order valence-corrected chi connectivity index (χ4v) is 1.04. The molecule has 0 aliphatic carbocycles. The smallest absolute Gasteiger partial charge is 0.157 e. The van der Waals surface area contributed by atoms with Crippen LogP contribution in [-0.2, 0) is 9.47 Å². The Hall–Kier alpha value is -0.160. The third-order valence-electron chi connectivity index (χ3n) is 1.82. The highest BCUT2D eigenvalue weighted by atomic mass is 16.7. The van der Waals surface area contributed by atoms with Crippen molar-refractivity contribution in [3.8, 4) is 0 Å². The molecule has 0 saturated heterocycles. The highest BCUT2D eigenvalue weighted by molar-refractivity contribution is 4.53. The maximum Gasteiger partial charge on any atom is 0.157 e. The molecule has 0 aliphatic rings. The van der Waals surface area contributed by atoms with Gasteiger partial charge in [-0.15, -0.1) is 0 Å². The SMILES string of the molecule is CCCC(OC)OCC(C)CNN. The normalized spacial score (nSPS) is 15.7. The first-order valence-electron chi connectivity index (χ1n) is 4.82. The molecule has 0 spiro atoms. The van der Waals surface area contributed by atoms with Gasteiger partial charge in [0.2, 0.25) is 0 Å². The van der Waals surface area contributed by atoms with Gasteiger partial charge in [-0.05, 0) is 12.3 Å². The molecule has 13 heavy (non-hydrogen) atoms. The maximum absolute atomic E-state index is 5.53. The number of hydrazine groups is 1. The van der Waals surface area contributed by atoms with Crippen LogP contribution in [0.3, 0.4) is 0 Å². The van der Waals surface area contributed by atoms with Crippen LogP contribution >= 0.6 is 0 Å². The summed E-state index contributed by atoms with van der Waals surface area (Å²) in [5.41, 5.74) is 2.62. The lowest BCUT2D eigenvalue weighted by Gasteiger charge is -2.18. The van der Waals surface area contributed by atoms with E-state index in [-0.39, 0.29) is 6.29 Å². The molecule has 0 amide bonds. The lowest BCUT2D eigenvalue weighted by atomic mass is 10.2. The molecule has 0 aromatic heterocycles. The molecule has 2 atom stereocenters. The van der Waals surface area contributed by atoms with E-state index < -0.39 is 0 Å². The Morgan fingerprint density at radius 3 is 2.62 bits per heavy atom. The minimum atomic E-state index is -0.0646. The predicted octanol–water partition coefficient (Wildman–Crippen LogP) is 0.875. The molecule has 0 heterocycles. The largest absolute Gasteiger partial charge is 0.356 e. The number of methoxy groups -OCH3 is 1. The molecule has 0 aliphatic heterocycles. The van der Waals surface area contributed by atoms with E-state index in [1.807, 2.05) is 0 Å². The summed E-state index contributed by atoms with van der Waals surface area (Å²) >= 11 is 0. The van der Waals surface area contributed by atoms with E-state index >= 15 is 0 Å². The summed E-state index contributed by atoms with van der Waals surface area (Å²) < 4.78 is 10.7. The Bertz CT molecular complexity index is 112. The van der Waals surface area contributed by atoms with E-state index in [2.05, 4.69) is 19.3 Å². The van der Waals surface area contributed by atoms with Gasteiger partial charge in [-0.25, -0.2) is 0 Å². The van der Waals surface area contributed by atoms with E-state index in [4.69, 9.17) is 15.3 Å². The van der Waals surface area contributed by atoms with E-state index in [1.165, 1.54) is 0 Å². The summed E-state index contributed by atoms with van der Waals surface area (Å²) in [6.07, 6.45) is 1.95. The second-order valence-corrected chi connectivity index (χ2v) is 3.30. The summed E-state index contributed by atoms with van der Waals surface area (Å²) in [5.74, 6) is 5.61. The second-order valence-electron chi connectivity index (χ2n) is 3.30. The van der Waals surface area contributed by atoms with Gasteiger partial charge in [0.15, 0.2) is 6.29 Å². The summed E-state index contributed by atoms with van der Waals surface area (Å²) in [6, 6.07) is 0. The molecule has 3 N–H and O–H groups in total. The van der Waals surface area contributed by atoms with Gasteiger partial charge in [0, 0.05) is 13.7 Å². The number of rotatable bonds is 8. The van der Waals surface area contributed by atoms with Crippen molar-refractivity contribution < 1.29 is 9.47 Å². The molecular weight excluding hydrogens is 168 g/mol. The summed E-state index contributed by atoms with van der Waals surface area (Å²) in [6.45, 7) is 5.64. The van der Waals surface area contributed by atoms with Crippen molar-refractivity contribution in [3.05, 3.63) is 0 Å². The Balaban J connectivity index is 3.46. The molecule has 0 aromatic rings. The van der Waals surface area contributed by atoms with Gasteiger partial charge in [-0.2, -0.15) is 0 Å². The van der Waals surface area contributed by atoms with Gasteiger partial charge in [0.05, 0.1) is 6.61 Å². The van der Waals surface area contributed by atoms with Crippen LogP contribution in [0, 0.1) is 5.92 Å². The van der Waals surface area contributed by atoms with Crippen LogP contribution in [0.1, 0.15) is 26.7 Å². The zero-order valence-corrected chi connectivity index (χ0v) is 8.88. The average molecular weight is 190 g/mol. The zero-order chi connectivity index (χ0) is 10.1. The Morgan fingerprint density at radius 1 is 1.46 bits per heavy atom. The number of ether oxygens (including phenoxy) is 2. The number of hydrogen-bond donors (Lipinski definition) is 2. The van der Waals surface area contributed by atoms with Crippen LogP contribution in [0.4, 0.5) is 0 Å². The lowest BCUT2D eigenvalue weighted by Crippen LogP contribution is -2.31. The highest BCUT2D eigenvalue weighted by Gasteiger charge is 2.08. The number of nitrogens with two attached hydrogens (primary N) is 1. The third-order valence-corrected chi connectivity index (χ3v) is 1.82. The molecule has 4 heteroatoms. The van der Waals surface area contributed by atoms with Crippen molar-refractivity contribution in [2.45, 2.75) is 33.0 Å². The first kappa shape index (κ1) is 12.8.